The van der Waals surface area contributed by atoms with Crippen LogP contribution in [0.5, 0.6) is 11.5 Å². The van der Waals surface area contributed by atoms with E-state index in [1.54, 1.807) is 14.2 Å². The molecule has 2 N–H and O–H groups in total. The van der Waals surface area contributed by atoms with Crippen LogP contribution in [0.2, 0.25) is 0 Å². The molecular formula is C15H23ClN2O3. The van der Waals surface area contributed by atoms with Crippen LogP contribution in [0, 0.1) is 0 Å². The highest BCUT2D eigenvalue weighted by molar-refractivity contribution is 5.85. The Hall–Kier alpha value is -1.46. The summed E-state index contributed by atoms with van der Waals surface area (Å²) < 4.78 is 10.7. The summed E-state index contributed by atoms with van der Waals surface area (Å²) in [6.45, 7) is 1.18. The zero-order valence-corrected chi connectivity index (χ0v) is 13.3. The summed E-state index contributed by atoms with van der Waals surface area (Å²) in [5.41, 5.74) is 6.52. The molecule has 0 aromatic heterocycles. The first-order chi connectivity index (χ1) is 9.71. The third-order valence-corrected chi connectivity index (χ3v) is 3.73. The van der Waals surface area contributed by atoms with Crippen LogP contribution < -0.4 is 15.2 Å². The molecule has 1 aliphatic rings. The Labute approximate surface area is 131 Å². The molecule has 0 spiro atoms. The van der Waals surface area contributed by atoms with Crippen LogP contribution in [-0.2, 0) is 4.79 Å². The van der Waals surface area contributed by atoms with Crippen LogP contribution >= 0.6 is 12.4 Å². The van der Waals surface area contributed by atoms with Gasteiger partial charge in [-0.15, -0.1) is 12.4 Å². The van der Waals surface area contributed by atoms with Crippen molar-refractivity contribution >= 4 is 18.3 Å². The number of methoxy groups -OCH3 is 2. The molecule has 5 nitrogen and oxygen atoms in total. The largest absolute Gasteiger partial charge is 0.497 e. The molecule has 1 aliphatic heterocycles. The van der Waals surface area contributed by atoms with Crippen molar-refractivity contribution in [3.63, 3.8) is 0 Å². The van der Waals surface area contributed by atoms with Gasteiger partial charge in [0.1, 0.15) is 11.5 Å². The quantitative estimate of drug-likeness (QED) is 0.904. The first kappa shape index (κ1) is 17.6. The van der Waals surface area contributed by atoms with Crippen molar-refractivity contribution in [3.8, 4) is 11.5 Å². The van der Waals surface area contributed by atoms with Crippen LogP contribution in [0.1, 0.15) is 30.9 Å². The average Bonchev–Trinajstić information content (AvgIpc) is 2.96. The summed E-state index contributed by atoms with van der Waals surface area (Å²) in [7, 11) is 3.26. The van der Waals surface area contributed by atoms with E-state index in [0.29, 0.717) is 13.0 Å². The SMILES string of the molecule is COc1ccc(C2CCCN2C(=O)CCN)c(OC)c1.Cl. The van der Waals surface area contributed by atoms with Crippen molar-refractivity contribution in [2.45, 2.75) is 25.3 Å². The van der Waals surface area contributed by atoms with Gasteiger partial charge >= 0.3 is 0 Å². The number of nitrogens with zero attached hydrogens (tertiary/aromatic N) is 1. The predicted octanol–water partition coefficient (Wildman–Crippen LogP) is 2.14. The molecular weight excluding hydrogens is 292 g/mol. The number of nitrogens with two attached hydrogens (primary N) is 1. The molecule has 1 fully saturated rings. The monoisotopic (exact) mass is 314 g/mol. The molecule has 118 valence electrons. The number of rotatable bonds is 5. The lowest BCUT2D eigenvalue weighted by Crippen LogP contribution is -2.32. The first-order valence-electron chi connectivity index (χ1n) is 6.92. The van der Waals surface area contributed by atoms with Gasteiger partial charge in [0.05, 0.1) is 20.3 Å². The zero-order chi connectivity index (χ0) is 14.5. The molecule has 1 unspecified atom stereocenters. The molecule has 1 atom stereocenters. The standard InChI is InChI=1S/C15H22N2O3.ClH/c1-19-11-5-6-12(14(10-11)20-2)13-4-3-9-17(13)15(18)7-8-16;/h5-6,10,13H,3-4,7-9,16H2,1-2H3;1H. The van der Waals surface area contributed by atoms with Crippen molar-refractivity contribution in [1.82, 2.24) is 4.90 Å². The van der Waals surface area contributed by atoms with Crippen molar-refractivity contribution in [3.05, 3.63) is 23.8 Å². The Morgan fingerprint density at radius 1 is 1.38 bits per heavy atom. The van der Waals surface area contributed by atoms with E-state index in [0.717, 1.165) is 36.4 Å². The Bertz CT molecular complexity index is 482. The zero-order valence-electron chi connectivity index (χ0n) is 12.5. The molecule has 1 amide bonds. The number of hydrogen-bond acceptors (Lipinski definition) is 4. The molecule has 0 bridgehead atoms. The van der Waals surface area contributed by atoms with E-state index in [2.05, 4.69) is 0 Å². The van der Waals surface area contributed by atoms with E-state index >= 15 is 0 Å². The van der Waals surface area contributed by atoms with E-state index in [1.807, 2.05) is 23.1 Å². The van der Waals surface area contributed by atoms with Crippen LogP contribution in [-0.4, -0.2) is 38.1 Å². The normalized spacial score (nSPS) is 17.3. The molecule has 1 saturated heterocycles. The highest BCUT2D eigenvalue weighted by Gasteiger charge is 2.31. The lowest BCUT2D eigenvalue weighted by atomic mass is 10.0. The van der Waals surface area contributed by atoms with E-state index in [1.165, 1.54) is 0 Å². The number of carbonyl (C=O) groups excluding carboxylic acids is 1. The molecule has 0 radical (unpaired) electrons. The minimum atomic E-state index is 0. The maximum Gasteiger partial charge on any atom is 0.224 e. The number of ether oxygens (including phenoxy) is 2. The number of hydrogen-bond donors (Lipinski definition) is 1. The average molecular weight is 315 g/mol. The highest BCUT2D eigenvalue weighted by Crippen LogP contribution is 2.38. The summed E-state index contributed by atoms with van der Waals surface area (Å²) in [6, 6.07) is 5.83. The van der Waals surface area contributed by atoms with Gasteiger partial charge in [0.25, 0.3) is 0 Å². The van der Waals surface area contributed by atoms with Gasteiger partial charge in [0.15, 0.2) is 0 Å². The molecule has 0 saturated carbocycles. The Morgan fingerprint density at radius 3 is 2.76 bits per heavy atom. The van der Waals surface area contributed by atoms with Gasteiger partial charge in [-0.3, -0.25) is 4.79 Å². The lowest BCUT2D eigenvalue weighted by molar-refractivity contribution is -0.131. The van der Waals surface area contributed by atoms with Crippen molar-refractivity contribution in [1.29, 1.82) is 0 Å². The third-order valence-electron chi connectivity index (χ3n) is 3.73. The molecule has 1 aromatic carbocycles. The van der Waals surface area contributed by atoms with Gasteiger partial charge in [-0.05, 0) is 25.0 Å². The number of amides is 1. The summed E-state index contributed by atoms with van der Waals surface area (Å²) in [5, 5.41) is 0. The molecule has 21 heavy (non-hydrogen) atoms. The molecule has 1 aromatic rings. The molecule has 6 heteroatoms. The van der Waals surface area contributed by atoms with Gasteiger partial charge < -0.3 is 20.1 Å². The van der Waals surface area contributed by atoms with Crippen molar-refractivity contribution in [2.75, 3.05) is 27.3 Å². The Balaban J connectivity index is 0.00000220. The summed E-state index contributed by atoms with van der Waals surface area (Å²) in [6.07, 6.45) is 2.37. The fourth-order valence-electron chi connectivity index (χ4n) is 2.75. The smallest absolute Gasteiger partial charge is 0.224 e. The summed E-state index contributed by atoms with van der Waals surface area (Å²) >= 11 is 0. The summed E-state index contributed by atoms with van der Waals surface area (Å²) in [4.78, 5) is 14.0. The first-order valence-corrected chi connectivity index (χ1v) is 6.92. The number of halogens is 1. The maximum atomic E-state index is 12.1. The van der Waals surface area contributed by atoms with Gasteiger partial charge in [-0.2, -0.15) is 0 Å². The number of benzene rings is 1. The van der Waals surface area contributed by atoms with Crippen LogP contribution in [0.15, 0.2) is 18.2 Å². The number of likely N-dealkylation sites (tertiary alicyclic amines) is 1. The second-order valence-electron chi connectivity index (χ2n) is 4.89. The highest BCUT2D eigenvalue weighted by atomic mass is 35.5. The van der Waals surface area contributed by atoms with Gasteiger partial charge in [-0.25, -0.2) is 0 Å². The maximum absolute atomic E-state index is 12.1. The minimum Gasteiger partial charge on any atom is -0.497 e. The van der Waals surface area contributed by atoms with Crippen LogP contribution in [0.25, 0.3) is 0 Å². The van der Waals surface area contributed by atoms with E-state index in [9.17, 15) is 4.79 Å². The molecule has 1 heterocycles. The van der Waals surface area contributed by atoms with E-state index < -0.39 is 0 Å². The van der Waals surface area contributed by atoms with E-state index in [-0.39, 0.29) is 24.4 Å². The topological polar surface area (TPSA) is 64.8 Å². The third kappa shape index (κ3) is 3.80. The van der Waals surface area contributed by atoms with Gasteiger partial charge in [-0.1, -0.05) is 0 Å². The van der Waals surface area contributed by atoms with Gasteiger partial charge in [0, 0.05) is 31.1 Å². The van der Waals surface area contributed by atoms with Crippen LogP contribution in [0.3, 0.4) is 0 Å². The second kappa shape index (κ2) is 8.10. The van der Waals surface area contributed by atoms with Crippen molar-refractivity contribution < 1.29 is 14.3 Å². The molecule has 0 aliphatic carbocycles. The predicted molar refractivity (Wildman–Crippen MR) is 84.2 cm³/mol. The second-order valence-corrected chi connectivity index (χ2v) is 4.89. The lowest BCUT2D eigenvalue weighted by Gasteiger charge is -2.26. The minimum absolute atomic E-state index is 0. The molecule has 2 rings (SSSR count). The van der Waals surface area contributed by atoms with E-state index in [4.69, 9.17) is 15.2 Å². The fourth-order valence-corrected chi connectivity index (χ4v) is 2.75. The van der Waals surface area contributed by atoms with Crippen LogP contribution in [0.4, 0.5) is 0 Å². The van der Waals surface area contributed by atoms with Gasteiger partial charge in [0.2, 0.25) is 5.91 Å². The number of carbonyl (C=O) groups is 1. The summed E-state index contributed by atoms with van der Waals surface area (Å²) in [5.74, 6) is 1.64. The fraction of sp³-hybridized carbons (Fsp3) is 0.533. The Morgan fingerprint density at radius 2 is 2.14 bits per heavy atom. The Kier molecular flexibility index (Phi) is 6.78. The van der Waals surface area contributed by atoms with Crippen molar-refractivity contribution in [2.24, 2.45) is 5.73 Å².